The third kappa shape index (κ3) is 5.36. The Labute approximate surface area is 190 Å². The molecule has 1 heterocycles. The average Bonchev–Trinajstić information content (AvgIpc) is 2.85. The van der Waals surface area contributed by atoms with Gasteiger partial charge in [0.05, 0.1) is 19.7 Å². The lowest BCUT2D eigenvalue weighted by Crippen LogP contribution is -2.50. The molecule has 1 atom stereocenters. The lowest BCUT2D eigenvalue weighted by atomic mass is 9.98. The van der Waals surface area contributed by atoms with Gasteiger partial charge in [-0.05, 0) is 35.9 Å². The fraction of sp³-hybridized carbons (Fsp3) is 0.296. The number of amides is 1. The van der Waals surface area contributed by atoms with Crippen LogP contribution in [0, 0.1) is 0 Å². The van der Waals surface area contributed by atoms with E-state index in [1.54, 1.807) is 7.11 Å². The van der Waals surface area contributed by atoms with E-state index in [0.29, 0.717) is 6.54 Å². The summed E-state index contributed by atoms with van der Waals surface area (Å²) in [5, 5.41) is 3.27. The van der Waals surface area contributed by atoms with Crippen LogP contribution in [-0.2, 0) is 4.79 Å². The zero-order chi connectivity index (χ0) is 22.3. The first-order valence-corrected chi connectivity index (χ1v) is 11.1. The molecule has 0 bridgehead atoms. The lowest BCUT2D eigenvalue weighted by Gasteiger charge is -2.39. The molecule has 0 aromatic heterocycles. The number of benzene rings is 3. The number of carbonyl (C=O) groups excluding carboxylic acids is 1. The van der Waals surface area contributed by atoms with Gasteiger partial charge in [0.25, 0.3) is 0 Å². The van der Waals surface area contributed by atoms with E-state index in [4.69, 9.17) is 4.74 Å². The van der Waals surface area contributed by atoms with Crippen molar-refractivity contribution in [3.8, 4) is 5.75 Å². The van der Waals surface area contributed by atoms with Crippen molar-refractivity contribution in [1.29, 1.82) is 0 Å². The maximum absolute atomic E-state index is 13.1. The van der Waals surface area contributed by atoms with Crippen molar-refractivity contribution in [3.63, 3.8) is 0 Å². The molecule has 1 N–H and O–H groups in total. The number of rotatable bonds is 7. The van der Waals surface area contributed by atoms with Crippen molar-refractivity contribution in [2.75, 3.05) is 40.3 Å². The zero-order valence-electron chi connectivity index (χ0n) is 18.8. The number of likely N-dealkylation sites (N-methyl/N-ethyl adjacent to an activating group) is 1. The predicted octanol–water partition coefficient (Wildman–Crippen LogP) is 3.89. The summed E-state index contributed by atoms with van der Waals surface area (Å²) >= 11 is 0. The fourth-order valence-corrected chi connectivity index (χ4v) is 4.32. The van der Waals surface area contributed by atoms with E-state index in [1.807, 2.05) is 48.5 Å². The SMILES string of the molecule is COc1ccc([C@@H]2CN(CC(=O)NC(c3ccccc3)c3ccccc3)CCN2C)cc1. The van der Waals surface area contributed by atoms with E-state index < -0.39 is 0 Å². The first kappa shape index (κ1) is 22.1. The number of nitrogens with one attached hydrogen (secondary N) is 1. The van der Waals surface area contributed by atoms with Crippen molar-refractivity contribution >= 4 is 5.91 Å². The van der Waals surface area contributed by atoms with Crippen LogP contribution in [0.1, 0.15) is 28.8 Å². The molecule has 1 saturated heterocycles. The van der Waals surface area contributed by atoms with Gasteiger partial charge in [-0.15, -0.1) is 0 Å². The van der Waals surface area contributed by atoms with Crippen LogP contribution in [-0.4, -0.2) is 56.0 Å². The van der Waals surface area contributed by atoms with Crippen LogP contribution in [0.3, 0.4) is 0 Å². The average molecular weight is 430 g/mol. The van der Waals surface area contributed by atoms with Crippen LogP contribution in [0.15, 0.2) is 84.9 Å². The topological polar surface area (TPSA) is 44.8 Å². The molecule has 0 aliphatic carbocycles. The van der Waals surface area contributed by atoms with Crippen LogP contribution in [0.5, 0.6) is 5.75 Å². The summed E-state index contributed by atoms with van der Waals surface area (Å²) in [6.07, 6.45) is 0. The number of piperazine rings is 1. The first-order chi connectivity index (χ1) is 15.6. The van der Waals surface area contributed by atoms with Gasteiger partial charge in [0.1, 0.15) is 5.75 Å². The zero-order valence-corrected chi connectivity index (χ0v) is 18.8. The maximum Gasteiger partial charge on any atom is 0.234 e. The molecule has 1 fully saturated rings. The molecule has 0 saturated carbocycles. The molecular formula is C27H31N3O2. The highest BCUT2D eigenvalue weighted by Gasteiger charge is 2.27. The van der Waals surface area contributed by atoms with Gasteiger partial charge in [-0.1, -0.05) is 72.8 Å². The molecule has 0 spiro atoms. The van der Waals surface area contributed by atoms with Crippen LogP contribution in [0.2, 0.25) is 0 Å². The minimum atomic E-state index is -0.158. The van der Waals surface area contributed by atoms with Gasteiger partial charge in [0, 0.05) is 25.7 Å². The second-order valence-electron chi connectivity index (χ2n) is 8.33. The maximum atomic E-state index is 13.1. The second kappa shape index (κ2) is 10.4. The Bertz CT molecular complexity index is 953. The summed E-state index contributed by atoms with van der Waals surface area (Å²) in [4.78, 5) is 17.7. The van der Waals surface area contributed by atoms with Crippen molar-refractivity contribution < 1.29 is 9.53 Å². The van der Waals surface area contributed by atoms with Gasteiger partial charge in [-0.2, -0.15) is 0 Å². The summed E-state index contributed by atoms with van der Waals surface area (Å²) in [7, 11) is 3.83. The highest BCUT2D eigenvalue weighted by molar-refractivity contribution is 5.79. The van der Waals surface area contributed by atoms with Gasteiger partial charge in [0.2, 0.25) is 5.91 Å². The molecule has 4 rings (SSSR count). The smallest absolute Gasteiger partial charge is 0.234 e. The molecule has 1 aliphatic rings. The molecule has 32 heavy (non-hydrogen) atoms. The summed E-state index contributed by atoms with van der Waals surface area (Å²) in [5.74, 6) is 0.900. The van der Waals surface area contributed by atoms with Crippen molar-refractivity contribution in [3.05, 3.63) is 102 Å². The van der Waals surface area contributed by atoms with Gasteiger partial charge in [-0.3, -0.25) is 14.6 Å². The van der Waals surface area contributed by atoms with E-state index in [-0.39, 0.29) is 18.0 Å². The predicted molar refractivity (Wildman–Crippen MR) is 128 cm³/mol. The Morgan fingerprint density at radius 1 is 0.938 bits per heavy atom. The molecule has 3 aromatic carbocycles. The summed E-state index contributed by atoms with van der Waals surface area (Å²) in [6, 6.07) is 28.6. The van der Waals surface area contributed by atoms with Gasteiger partial charge < -0.3 is 10.1 Å². The number of ether oxygens (including phenoxy) is 1. The quantitative estimate of drug-likeness (QED) is 0.619. The lowest BCUT2D eigenvalue weighted by molar-refractivity contribution is -0.123. The van der Waals surface area contributed by atoms with Crippen LogP contribution in [0.4, 0.5) is 0 Å². The third-order valence-corrected chi connectivity index (χ3v) is 6.17. The standard InChI is InChI=1S/C27H31N3O2/c1-29-17-18-30(19-25(29)21-13-15-24(32-2)16-14-21)20-26(31)28-27(22-9-5-3-6-10-22)23-11-7-4-8-12-23/h3-16,25,27H,17-20H2,1-2H3,(H,28,31)/t25-/m0/s1. The summed E-state index contributed by atoms with van der Waals surface area (Å²) in [5.41, 5.74) is 3.41. The second-order valence-corrected chi connectivity index (χ2v) is 8.33. The Balaban J connectivity index is 1.44. The van der Waals surface area contributed by atoms with Crippen LogP contribution < -0.4 is 10.1 Å². The molecule has 0 radical (unpaired) electrons. The molecule has 166 valence electrons. The third-order valence-electron chi connectivity index (χ3n) is 6.17. The van der Waals surface area contributed by atoms with Crippen molar-refractivity contribution in [2.24, 2.45) is 0 Å². The summed E-state index contributed by atoms with van der Waals surface area (Å²) in [6.45, 7) is 3.00. The molecule has 3 aromatic rings. The molecule has 5 nitrogen and oxygen atoms in total. The van der Waals surface area contributed by atoms with E-state index in [9.17, 15) is 4.79 Å². The number of carbonyl (C=O) groups is 1. The van der Waals surface area contributed by atoms with Gasteiger partial charge in [-0.25, -0.2) is 0 Å². The van der Waals surface area contributed by atoms with E-state index >= 15 is 0 Å². The number of nitrogens with zero attached hydrogens (tertiary/aromatic N) is 2. The van der Waals surface area contributed by atoms with Crippen LogP contribution in [0.25, 0.3) is 0 Å². The molecular weight excluding hydrogens is 398 g/mol. The normalized spacial score (nSPS) is 17.3. The highest BCUT2D eigenvalue weighted by atomic mass is 16.5. The Morgan fingerprint density at radius 3 is 2.09 bits per heavy atom. The van der Waals surface area contributed by atoms with Crippen molar-refractivity contribution in [1.82, 2.24) is 15.1 Å². The molecule has 0 unspecified atom stereocenters. The molecule has 5 heteroatoms. The van der Waals surface area contributed by atoms with E-state index in [1.165, 1.54) is 5.56 Å². The molecule has 1 amide bonds. The van der Waals surface area contributed by atoms with E-state index in [0.717, 1.165) is 36.5 Å². The van der Waals surface area contributed by atoms with Gasteiger partial charge >= 0.3 is 0 Å². The Morgan fingerprint density at radius 2 is 1.53 bits per heavy atom. The highest BCUT2D eigenvalue weighted by Crippen LogP contribution is 2.26. The van der Waals surface area contributed by atoms with Gasteiger partial charge in [0.15, 0.2) is 0 Å². The minimum absolute atomic E-state index is 0.0424. The number of methoxy groups -OCH3 is 1. The van der Waals surface area contributed by atoms with Crippen molar-refractivity contribution in [2.45, 2.75) is 12.1 Å². The number of hydrogen-bond acceptors (Lipinski definition) is 4. The van der Waals surface area contributed by atoms with Crippen LogP contribution >= 0.6 is 0 Å². The summed E-state index contributed by atoms with van der Waals surface area (Å²) < 4.78 is 5.29. The Hall–Kier alpha value is -3.15. The minimum Gasteiger partial charge on any atom is -0.497 e. The monoisotopic (exact) mass is 429 g/mol. The fourth-order valence-electron chi connectivity index (χ4n) is 4.32. The first-order valence-electron chi connectivity index (χ1n) is 11.1. The molecule has 1 aliphatic heterocycles. The Kier molecular flexibility index (Phi) is 7.20. The largest absolute Gasteiger partial charge is 0.497 e. The van der Waals surface area contributed by atoms with E-state index in [2.05, 4.69) is 58.6 Å². The number of hydrogen-bond donors (Lipinski definition) is 1.